The number of aromatic nitrogens is 4. The molecule has 4 amide bonds. The maximum atomic E-state index is 16.4. The summed E-state index contributed by atoms with van der Waals surface area (Å²) in [4.78, 5) is 83.0. The van der Waals surface area contributed by atoms with Crippen LogP contribution >= 0.6 is 0 Å². The topological polar surface area (TPSA) is 227 Å². The molecule has 7 rings (SSSR count). The number of ether oxygens (including phenoxy) is 4. The second-order valence-corrected chi connectivity index (χ2v) is 22.5. The number of methoxy groups -OCH3 is 2. The van der Waals surface area contributed by atoms with Gasteiger partial charge in [-0.2, -0.15) is 40.2 Å². The van der Waals surface area contributed by atoms with Crippen molar-refractivity contribution < 1.29 is 86.8 Å². The summed E-state index contributed by atoms with van der Waals surface area (Å²) >= 11 is 0. The van der Waals surface area contributed by atoms with Gasteiger partial charge in [-0.05, 0) is 96.9 Å². The molecule has 0 spiro atoms. The molecule has 0 aliphatic carbocycles. The highest BCUT2D eigenvalue weighted by molar-refractivity contribution is 5.87. The van der Waals surface area contributed by atoms with Crippen LogP contribution in [0.25, 0.3) is 11.3 Å². The lowest BCUT2D eigenvalue weighted by atomic mass is 9.82. The van der Waals surface area contributed by atoms with Gasteiger partial charge in [0, 0.05) is 67.0 Å². The number of hydrogen-bond donors (Lipinski definition) is 4. The van der Waals surface area contributed by atoms with E-state index in [-0.39, 0.29) is 21.5 Å². The molecule has 0 radical (unpaired) electrons. The molecule has 5 heterocycles. The number of halogens is 10. The molecular formula is C56H66F10N12O9. The Labute approximate surface area is 493 Å². The second-order valence-electron chi connectivity index (χ2n) is 22.5. The molecule has 3 aliphatic rings. The molecular weight excluding hydrogens is 1170 g/mol. The van der Waals surface area contributed by atoms with Gasteiger partial charge in [-0.15, -0.1) is 0 Å². The fourth-order valence-electron chi connectivity index (χ4n) is 10.1. The summed E-state index contributed by atoms with van der Waals surface area (Å²) in [6.07, 6.45) is -9.92. The molecule has 3 saturated heterocycles. The number of likely N-dealkylation sites (N-methyl/N-ethyl adjacent to an activating group) is 1. The van der Waals surface area contributed by atoms with Crippen LogP contribution in [0.3, 0.4) is 0 Å². The second kappa shape index (κ2) is 27.5. The summed E-state index contributed by atoms with van der Waals surface area (Å²) in [6, 6.07) is 2.55. The Morgan fingerprint density at radius 3 is 1.78 bits per heavy atom. The number of benzene rings is 2. The smallest absolute Gasteiger partial charge is 0.407 e. The van der Waals surface area contributed by atoms with Gasteiger partial charge in [0.15, 0.2) is 0 Å². The van der Waals surface area contributed by atoms with Gasteiger partial charge in [0.25, 0.3) is 5.91 Å². The van der Waals surface area contributed by atoms with Crippen LogP contribution < -0.4 is 26.3 Å². The first-order chi connectivity index (χ1) is 40.8. The number of carbonyl (C=O) groups excluding carboxylic acids is 5. The lowest BCUT2D eigenvalue weighted by Crippen LogP contribution is -2.64. The van der Waals surface area contributed by atoms with Crippen molar-refractivity contribution >= 4 is 35.9 Å². The molecule has 2 unspecified atom stereocenters. The minimum absolute atomic E-state index is 0.193. The van der Waals surface area contributed by atoms with E-state index < -0.39 is 127 Å². The lowest BCUT2D eigenvalue weighted by molar-refractivity contribution is -0.221. The van der Waals surface area contributed by atoms with Gasteiger partial charge >= 0.3 is 37.1 Å². The molecule has 87 heavy (non-hydrogen) atoms. The van der Waals surface area contributed by atoms with Crippen LogP contribution in [0.2, 0.25) is 0 Å². The highest BCUT2D eigenvalue weighted by Crippen LogP contribution is 2.42. The van der Waals surface area contributed by atoms with Gasteiger partial charge in [0.1, 0.15) is 29.8 Å². The number of anilines is 1. The molecule has 2 aromatic heterocycles. The number of nitrogens with zero attached hydrogens (tertiary/aromatic N) is 8. The van der Waals surface area contributed by atoms with Crippen molar-refractivity contribution in [2.45, 2.75) is 115 Å². The van der Waals surface area contributed by atoms with Gasteiger partial charge in [-0.25, -0.2) is 38.0 Å². The lowest BCUT2D eigenvalue weighted by Gasteiger charge is -2.47. The van der Waals surface area contributed by atoms with Crippen LogP contribution in [0.1, 0.15) is 69.3 Å². The zero-order valence-corrected chi connectivity index (χ0v) is 48.5. The van der Waals surface area contributed by atoms with Gasteiger partial charge in [0.2, 0.25) is 11.9 Å². The molecule has 2 aromatic carbocycles. The number of carbonyl (C=O) groups is 5. The van der Waals surface area contributed by atoms with Gasteiger partial charge < -0.3 is 39.8 Å². The Morgan fingerprint density at radius 1 is 0.759 bits per heavy atom. The third kappa shape index (κ3) is 16.2. The van der Waals surface area contributed by atoms with Crippen molar-refractivity contribution in [1.82, 2.24) is 55.9 Å². The Morgan fingerprint density at radius 2 is 1.30 bits per heavy atom. The fraction of sp³-hybridized carbons (Fsp3) is 0.536. The molecule has 3 fully saturated rings. The Bertz CT molecular complexity index is 3120. The molecule has 21 nitrogen and oxygen atoms in total. The number of fused-ring (bicyclic) bond motifs is 2. The molecule has 31 heteroatoms. The summed E-state index contributed by atoms with van der Waals surface area (Å²) in [5.41, 5.74) is -4.72. The monoisotopic (exact) mass is 1240 g/mol. The van der Waals surface area contributed by atoms with Crippen molar-refractivity contribution in [1.29, 1.82) is 0 Å². The summed E-state index contributed by atoms with van der Waals surface area (Å²) in [7, 11) is 4.45. The van der Waals surface area contributed by atoms with Gasteiger partial charge in [0.05, 0.1) is 74.7 Å². The highest BCUT2D eigenvalue weighted by atomic mass is 19.4. The first-order valence-electron chi connectivity index (χ1n) is 27.2. The van der Waals surface area contributed by atoms with Crippen LogP contribution in [-0.4, -0.2) is 187 Å². The van der Waals surface area contributed by atoms with Crippen molar-refractivity contribution in [3.63, 3.8) is 0 Å². The van der Waals surface area contributed by atoms with Crippen molar-refractivity contribution in [2.24, 2.45) is 10.8 Å². The predicted octanol–water partition coefficient (Wildman–Crippen LogP) is 6.13. The number of alkyl halides is 8. The maximum Gasteiger partial charge on any atom is 0.407 e. The van der Waals surface area contributed by atoms with E-state index >= 15 is 8.78 Å². The van der Waals surface area contributed by atoms with E-state index in [1.807, 2.05) is 5.32 Å². The van der Waals surface area contributed by atoms with Crippen molar-refractivity contribution in [2.75, 3.05) is 72.6 Å². The van der Waals surface area contributed by atoms with E-state index in [2.05, 4.69) is 56.9 Å². The van der Waals surface area contributed by atoms with E-state index in [0.717, 1.165) is 65.6 Å². The molecule has 0 saturated carbocycles. The number of alkyl carbamates (subject to hydrolysis) is 2. The molecule has 3 aliphatic heterocycles. The highest BCUT2D eigenvalue weighted by Gasteiger charge is 2.57. The van der Waals surface area contributed by atoms with E-state index in [9.17, 15) is 59.1 Å². The summed E-state index contributed by atoms with van der Waals surface area (Å²) in [5, 5.41) is 10.2. The van der Waals surface area contributed by atoms with E-state index in [4.69, 9.17) is 9.47 Å². The summed E-state index contributed by atoms with van der Waals surface area (Å²) in [6.45, 7) is -0.786. The summed E-state index contributed by atoms with van der Waals surface area (Å²) in [5.74, 6) is -0.768. The standard InChI is InChI=1S/C56H66F10N12O9/c1-53(2,55(61,62)63)45(70-51(82)84-7)47(80)69-42(19-32-12-9-31(10-13-32)11-14-33-22-67-50(68-23-33)75-24-35-15-16-36(25-75)78(35)37-29-86-30-37)43(87-44(79)28-74(5)6)27-76(73-48(81)46(71-52(83)85-8)54(3,4)56(64,65)66)26-38-39(57)20-34(21-40(38)58)41-17-18-77(72-41)49(59)60/h9-10,12-13,17-18,20-23,35-37,42-43,45-46,49H,15-16,19,24-30H2,1-8H3,(H,69,80)(H,70,82)(H,71,83)(H,73,81)/t35?,36?,42-,43-,45+,46+/m0/s1. The number of hydrazine groups is 1. The zero-order chi connectivity index (χ0) is 63.9. The summed E-state index contributed by atoms with van der Waals surface area (Å²) < 4.78 is 169. The number of piperazine rings is 1. The van der Waals surface area contributed by atoms with E-state index in [1.165, 1.54) is 43.3 Å². The number of amides is 4. The van der Waals surface area contributed by atoms with Crippen LogP contribution in [0.5, 0.6) is 0 Å². The third-order valence-corrected chi connectivity index (χ3v) is 15.4. The molecule has 474 valence electrons. The van der Waals surface area contributed by atoms with Gasteiger partial charge in [-0.1, -0.05) is 24.0 Å². The number of esters is 1. The number of rotatable bonds is 22. The first kappa shape index (κ1) is 66.7. The minimum atomic E-state index is -5.27. The molecule has 4 aromatic rings. The van der Waals surface area contributed by atoms with Crippen LogP contribution in [0.4, 0.5) is 59.4 Å². The van der Waals surface area contributed by atoms with Gasteiger partial charge in [-0.3, -0.25) is 29.6 Å². The van der Waals surface area contributed by atoms with E-state index in [1.54, 1.807) is 17.7 Å². The number of nitrogens with one attached hydrogen (secondary N) is 4. The third-order valence-electron chi connectivity index (χ3n) is 15.4. The van der Waals surface area contributed by atoms with Crippen molar-refractivity contribution in [3.8, 4) is 23.1 Å². The SMILES string of the molecule is COC(=O)N[C@H](C(=O)N[C@@H](Cc1ccc(C#Cc2cnc(N3CC4CCC(C3)N4C3COC3)nc2)cc1)[C@H](CN(Cc1c(F)cc(-c2ccn(C(F)F)n2)cc1F)NC(=O)[C@@H](NC(=O)OC)C(C)(C)C(F)(F)F)OC(=O)CN(C)C)C(C)(C)C(F)(F)F. The average Bonchev–Trinajstić information content (AvgIpc) is 1.87. The quantitative estimate of drug-likeness (QED) is 0.0228. The van der Waals surface area contributed by atoms with Crippen LogP contribution in [0, 0.1) is 34.3 Å². The zero-order valence-electron chi connectivity index (χ0n) is 48.5. The van der Waals surface area contributed by atoms with Crippen LogP contribution in [-0.2, 0) is 46.3 Å². The fourth-order valence-corrected chi connectivity index (χ4v) is 10.1. The van der Waals surface area contributed by atoms with Crippen molar-refractivity contribution in [3.05, 3.63) is 94.9 Å². The Kier molecular flexibility index (Phi) is 21.1. The predicted molar refractivity (Wildman–Crippen MR) is 290 cm³/mol. The minimum Gasteiger partial charge on any atom is -0.458 e. The Balaban J connectivity index is 1.27. The molecule has 4 N–H and O–H groups in total. The molecule has 2 bridgehead atoms. The number of hydrogen-bond acceptors (Lipinski definition) is 16. The van der Waals surface area contributed by atoms with E-state index in [0.29, 0.717) is 80.0 Å². The average molecular weight is 1240 g/mol. The molecule has 6 atom stereocenters. The normalized spacial score (nSPS) is 18.0. The first-order valence-corrected chi connectivity index (χ1v) is 27.2. The Hall–Kier alpha value is -7.82. The largest absolute Gasteiger partial charge is 0.458 e. The van der Waals surface area contributed by atoms with Crippen LogP contribution in [0.15, 0.2) is 61.1 Å². The maximum absolute atomic E-state index is 16.4.